The molecule has 4 rings (SSSR count). The molecular formula is C24H24N2O10. The largest absolute Gasteiger partial charge is 0.508 e. The third kappa shape index (κ3) is 3.11. The zero-order chi connectivity index (χ0) is 26.9. The number of amides is 1. The van der Waals surface area contributed by atoms with Crippen molar-refractivity contribution in [3.63, 3.8) is 0 Å². The number of nitrogens with two attached hydrogens (primary N) is 1. The molecule has 1 amide bonds. The Morgan fingerprint density at radius 2 is 1.83 bits per heavy atom. The number of Topliss-reactive ketones (excluding diaryl/α,β-unsaturated/α-hetero) is 2. The van der Waals surface area contributed by atoms with Crippen LogP contribution in [0.3, 0.4) is 0 Å². The number of ether oxygens (including phenoxy) is 1. The van der Waals surface area contributed by atoms with Gasteiger partial charge in [-0.15, -0.1) is 0 Å². The predicted octanol–water partition coefficient (Wildman–Crippen LogP) is -0.837. The highest BCUT2D eigenvalue weighted by Gasteiger charge is 2.69. The Morgan fingerprint density at radius 1 is 1.19 bits per heavy atom. The van der Waals surface area contributed by atoms with Crippen LogP contribution in [0, 0.1) is 11.8 Å². The van der Waals surface area contributed by atoms with E-state index in [1.165, 1.54) is 37.2 Å². The summed E-state index contributed by atoms with van der Waals surface area (Å²) in [7, 11) is 2.77. The Hall–Kier alpha value is -4.00. The summed E-state index contributed by atoms with van der Waals surface area (Å²) in [6.45, 7) is 3.31. The van der Waals surface area contributed by atoms with Crippen molar-refractivity contribution in [3.05, 3.63) is 58.9 Å². The van der Waals surface area contributed by atoms with Crippen LogP contribution in [-0.2, 0) is 23.9 Å². The third-order valence-electron chi connectivity index (χ3n) is 7.01. The van der Waals surface area contributed by atoms with Crippen molar-refractivity contribution in [2.75, 3.05) is 14.1 Å². The highest BCUT2D eigenvalue weighted by Crippen LogP contribution is 2.56. The van der Waals surface area contributed by atoms with E-state index < -0.39 is 87.5 Å². The lowest BCUT2D eigenvalue weighted by Gasteiger charge is -2.54. The molecule has 6 atom stereocenters. The number of esters is 1. The summed E-state index contributed by atoms with van der Waals surface area (Å²) in [5, 5.41) is 55.4. The van der Waals surface area contributed by atoms with Crippen molar-refractivity contribution >= 4 is 29.2 Å². The molecule has 12 nitrogen and oxygen atoms in total. The summed E-state index contributed by atoms with van der Waals surface area (Å²) >= 11 is 0. The second-order valence-electron chi connectivity index (χ2n) is 9.06. The number of carbonyl (C=O) groups is 4. The van der Waals surface area contributed by atoms with Gasteiger partial charge in [0.2, 0.25) is 5.78 Å². The summed E-state index contributed by atoms with van der Waals surface area (Å²) in [4.78, 5) is 52.8. The van der Waals surface area contributed by atoms with Gasteiger partial charge in [-0.1, -0.05) is 18.7 Å². The summed E-state index contributed by atoms with van der Waals surface area (Å²) in [5.74, 6) is -10.9. The van der Waals surface area contributed by atoms with Crippen LogP contribution >= 0.6 is 0 Å². The summed E-state index contributed by atoms with van der Waals surface area (Å²) in [6.07, 6.45) is -2.61. The van der Waals surface area contributed by atoms with Gasteiger partial charge in [0, 0.05) is 6.08 Å². The van der Waals surface area contributed by atoms with Gasteiger partial charge in [0.25, 0.3) is 5.91 Å². The summed E-state index contributed by atoms with van der Waals surface area (Å²) in [5.41, 5.74) is 0.164. The fraction of sp³-hybridized carbons (Fsp3) is 0.333. The van der Waals surface area contributed by atoms with Gasteiger partial charge >= 0.3 is 5.97 Å². The van der Waals surface area contributed by atoms with Crippen LogP contribution in [-0.4, -0.2) is 85.7 Å². The molecule has 1 fully saturated rings. The Balaban J connectivity index is 2.12. The normalized spacial score (nSPS) is 31.5. The van der Waals surface area contributed by atoms with E-state index in [4.69, 9.17) is 10.5 Å². The van der Waals surface area contributed by atoms with E-state index in [1.807, 2.05) is 0 Å². The molecule has 0 bridgehead atoms. The minimum atomic E-state index is -3.08. The first-order valence-electron chi connectivity index (χ1n) is 10.8. The first kappa shape index (κ1) is 25.1. The number of phenols is 1. The molecule has 3 aliphatic carbocycles. The number of aromatic hydroxyl groups is 1. The third-order valence-corrected chi connectivity index (χ3v) is 7.01. The Bertz CT molecular complexity index is 1300. The number of ketones is 2. The van der Waals surface area contributed by atoms with E-state index in [1.54, 1.807) is 0 Å². The number of rotatable bonds is 4. The molecule has 1 aromatic rings. The van der Waals surface area contributed by atoms with Crippen LogP contribution < -0.4 is 5.73 Å². The number of aliphatic hydroxyl groups is 4. The van der Waals surface area contributed by atoms with Gasteiger partial charge in [-0.3, -0.25) is 19.3 Å². The van der Waals surface area contributed by atoms with Crippen LogP contribution in [0.2, 0.25) is 0 Å². The molecule has 0 spiro atoms. The van der Waals surface area contributed by atoms with E-state index in [9.17, 15) is 44.7 Å². The number of hydrogen-bond acceptors (Lipinski definition) is 11. The fourth-order valence-corrected chi connectivity index (χ4v) is 5.54. The number of primary amides is 1. The molecule has 0 heterocycles. The van der Waals surface area contributed by atoms with Crippen molar-refractivity contribution in [2.45, 2.75) is 23.9 Å². The van der Waals surface area contributed by atoms with Crippen molar-refractivity contribution in [3.8, 4) is 5.75 Å². The van der Waals surface area contributed by atoms with E-state index in [2.05, 4.69) is 6.58 Å². The van der Waals surface area contributed by atoms with Gasteiger partial charge in [-0.05, 0) is 25.7 Å². The maximum absolute atomic E-state index is 13.8. The molecule has 1 aromatic carbocycles. The number of aliphatic hydroxyl groups excluding tert-OH is 3. The lowest BCUT2D eigenvalue weighted by Crippen LogP contribution is -2.71. The monoisotopic (exact) mass is 500 g/mol. The van der Waals surface area contributed by atoms with Crippen molar-refractivity contribution in [1.82, 2.24) is 4.90 Å². The predicted molar refractivity (Wildman–Crippen MR) is 121 cm³/mol. The van der Waals surface area contributed by atoms with E-state index in [-0.39, 0.29) is 11.1 Å². The molecule has 0 saturated heterocycles. The number of hydrogen-bond donors (Lipinski definition) is 6. The molecule has 190 valence electrons. The molecule has 6 unspecified atom stereocenters. The Morgan fingerprint density at radius 3 is 2.39 bits per heavy atom. The number of carbonyl (C=O) groups excluding carboxylic acids is 4. The molecule has 0 aliphatic heterocycles. The van der Waals surface area contributed by atoms with E-state index in [0.29, 0.717) is 0 Å². The topological polar surface area (TPSA) is 208 Å². The van der Waals surface area contributed by atoms with Crippen molar-refractivity contribution in [2.24, 2.45) is 17.6 Å². The molecule has 0 radical (unpaired) electrons. The van der Waals surface area contributed by atoms with Gasteiger partial charge in [-0.2, -0.15) is 0 Å². The molecule has 3 aliphatic rings. The van der Waals surface area contributed by atoms with Gasteiger partial charge in [-0.25, -0.2) is 4.79 Å². The zero-order valence-corrected chi connectivity index (χ0v) is 19.2. The zero-order valence-electron chi connectivity index (χ0n) is 19.2. The molecule has 0 aromatic heterocycles. The van der Waals surface area contributed by atoms with Crippen LogP contribution in [0.4, 0.5) is 0 Å². The first-order valence-corrected chi connectivity index (χ1v) is 10.8. The smallest absolute Gasteiger partial charge is 0.330 e. The van der Waals surface area contributed by atoms with Crippen LogP contribution in [0.25, 0.3) is 5.76 Å². The second kappa shape index (κ2) is 8.29. The molecule has 36 heavy (non-hydrogen) atoms. The first-order chi connectivity index (χ1) is 16.8. The highest BCUT2D eigenvalue weighted by atomic mass is 16.5. The van der Waals surface area contributed by atoms with Crippen molar-refractivity contribution in [1.29, 1.82) is 0 Å². The van der Waals surface area contributed by atoms with Gasteiger partial charge < -0.3 is 36.0 Å². The number of nitrogens with zero attached hydrogens (tertiary/aromatic N) is 1. The number of likely N-dealkylation sites (N-methyl/N-ethyl adjacent to an activating group) is 1. The molecule has 12 heteroatoms. The Labute approximate surface area is 204 Å². The summed E-state index contributed by atoms with van der Waals surface area (Å²) < 4.78 is 5.46. The Kier molecular flexibility index (Phi) is 5.78. The fourth-order valence-electron chi connectivity index (χ4n) is 5.54. The van der Waals surface area contributed by atoms with Gasteiger partial charge in [0.15, 0.2) is 11.4 Å². The maximum Gasteiger partial charge on any atom is 0.330 e. The van der Waals surface area contributed by atoms with Crippen LogP contribution in [0.5, 0.6) is 5.75 Å². The van der Waals surface area contributed by atoms with Gasteiger partial charge in [0.1, 0.15) is 28.9 Å². The van der Waals surface area contributed by atoms with Crippen LogP contribution in [0.15, 0.2) is 47.8 Å². The summed E-state index contributed by atoms with van der Waals surface area (Å²) in [6, 6.07) is 2.39. The highest BCUT2D eigenvalue weighted by molar-refractivity contribution is 6.24. The maximum atomic E-state index is 13.8. The van der Waals surface area contributed by atoms with Crippen LogP contribution in [0.1, 0.15) is 17.2 Å². The van der Waals surface area contributed by atoms with E-state index >= 15 is 0 Å². The number of benzene rings is 1. The average molecular weight is 500 g/mol. The standard InChI is InChI=1S/C24H24N2O10/c1-4-10(28)36-20-12-13(18(30)11-8(17(12)29)6-5-7-9(11)27)21(32)24(35)15(20)16(26(2)3)19(31)14(22(24)33)23(25)34/h4-7,12,15-17,20,27,29-30,33,35H,1H2,2-3H3,(H2,25,34). The van der Waals surface area contributed by atoms with Gasteiger partial charge in [0.05, 0.1) is 35.1 Å². The quantitative estimate of drug-likeness (QED) is 0.171. The lowest BCUT2D eigenvalue weighted by molar-refractivity contribution is -0.187. The number of phenolic OH excluding ortho intramolecular Hbond substituents is 1. The minimum absolute atomic E-state index is 0.0136. The lowest BCUT2D eigenvalue weighted by atomic mass is 9.55. The number of fused-ring (bicyclic) bond motifs is 3. The minimum Gasteiger partial charge on any atom is -0.508 e. The van der Waals surface area contributed by atoms with E-state index in [0.717, 1.165) is 6.08 Å². The SMILES string of the molecule is C=CC(=O)OC1C2C(=C(O)c3c(O)cccc3C2O)C(=O)C2(O)C(O)=C(C(N)=O)C(=O)C(N(C)C)C12. The molecule has 7 N–H and O–H groups in total. The van der Waals surface area contributed by atoms with Crippen molar-refractivity contribution < 1.29 is 49.4 Å². The average Bonchev–Trinajstić information content (AvgIpc) is 2.80. The second-order valence-corrected chi connectivity index (χ2v) is 9.06. The molecule has 1 saturated carbocycles. The molecular weight excluding hydrogens is 476 g/mol.